The molecule has 2 aromatic carbocycles. The molecule has 2 heteroatoms. The molecule has 1 nitrogen and oxygen atoms in total. The van der Waals surface area contributed by atoms with Crippen LogP contribution in [-0.4, -0.2) is 4.98 Å². The number of halogens is 1. The van der Waals surface area contributed by atoms with Crippen molar-refractivity contribution in [2.75, 3.05) is 0 Å². The van der Waals surface area contributed by atoms with Crippen LogP contribution in [0.1, 0.15) is 11.3 Å². The summed E-state index contributed by atoms with van der Waals surface area (Å²) in [6.45, 7) is 4.22. The van der Waals surface area contributed by atoms with Gasteiger partial charge in [-0.05, 0) is 36.9 Å². The number of aromatic nitrogens is 1. The smallest absolute Gasteiger partial charge is 0.0740 e. The maximum atomic E-state index is 4.79. The van der Waals surface area contributed by atoms with Crippen molar-refractivity contribution in [3.05, 3.63) is 64.3 Å². The second kappa shape index (κ2) is 4.78. The average Bonchev–Trinajstić information content (AvgIpc) is 2.44. The summed E-state index contributed by atoms with van der Waals surface area (Å²) in [5.74, 6) is 0. The highest BCUT2D eigenvalue weighted by Gasteiger charge is 2.09. The van der Waals surface area contributed by atoms with Crippen LogP contribution in [0.5, 0.6) is 0 Å². The quantitative estimate of drug-likeness (QED) is 0.595. The molecule has 3 rings (SSSR count). The van der Waals surface area contributed by atoms with Crippen LogP contribution in [-0.2, 0) is 0 Å². The first-order valence-corrected chi connectivity index (χ1v) is 7.08. The third-order valence-electron chi connectivity index (χ3n) is 3.47. The van der Waals surface area contributed by atoms with Crippen molar-refractivity contribution in [1.82, 2.24) is 4.98 Å². The van der Waals surface area contributed by atoms with E-state index in [4.69, 9.17) is 4.98 Å². The number of rotatable bonds is 1. The number of hydrogen-bond acceptors (Lipinski definition) is 1. The molecule has 0 amide bonds. The summed E-state index contributed by atoms with van der Waals surface area (Å²) in [5.41, 5.74) is 4.56. The number of fused-ring (bicyclic) bond motifs is 1. The first-order chi connectivity index (χ1) is 9.16. The molecular formula is C17H14BrN. The highest BCUT2D eigenvalue weighted by atomic mass is 79.9. The number of aryl methyl sites for hydroxylation is 2. The minimum atomic E-state index is 1.07. The van der Waals surface area contributed by atoms with E-state index in [-0.39, 0.29) is 0 Å². The maximum absolute atomic E-state index is 4.79. The summed E-state index contributed by atoms with van der Waals surface area (Å²) in [5, 5.41) is 2.52. The van der Waals surface area contributed by atoms with E-state index in [0.29, 0.717) is 0 Å². The first-order valence-electron chi connectivity index (χ1n) is 6.28. The predicted molar refractivity (Wildman–Crippen MR) is 84.4 cm³/mol. The van der Waals surface area contributed by atoms with Gasteiger partial charge < -0.3 is 0 Å². The molecule has 0 radical (unpaired) electrons. The van der Waals surface area contributed by atoms with Gasteiger partial charge in [0.25, 0.3) is 0 Å². The van der Waals surface area contributed by atoms with Crippen molar-refractivity contribution < 1.29 is 0 Å². The molecule has 0 aliphatic heterocycles. The van der Waals surface area contributed by atoms with E-state index >= 15 is 0 Å². The third kappa shape index (κ3) is 2.17. The molecule has 0 aliphatic carbocycles. The average molecular weight is 312 g/mol. The number of pyridine rings is 1. The molecule has 0 aliphatic rings. The molecule has 0 bridgehead atoms. The van der Waals surface area contributed by atoms with Crippen molar-refractivity contribution >= 4 is 26.7 Å². The second-order valence-electron chi connectivity index (χ2n) is 4.72. The molecule has 0 atom stereocenters. The summed E-state index contributed by atoms with van der Waals surface area (Å²) < 4.78 is 1.09. The van der Waals surface area contributed by atoms with Gasteiger partial charge in [-0.15, -0.1) is 0 Å². The standard InChI is InChI=1S/C17H14BrN/c1-11-15-5-3-4-6-16(15)12(2)19-17(11)13-7-9-14(18)10-8-13/h3-10H,1-2H3. The monoisotopic (exact) mass is 311 g/mol. The van der Waals surface area contributed by atoms with Crippen LogP contribution >= 0.6 is 15.9 Å². The fraction of sp³-hybridized carbons (Fsp3) is 0.118. The van der Waals surface area contributed by atoms with Crippen molar-refractivity contribution in [2.24, 2.45) is 0 Å². The van der Waals surface area contributed by atoms with E-state index in [1.165, 1.54) is 16.3 Å². The number of hydrogen-bond donors (Lipinski definition) is 0. The van der Waals surface area contributed by atoms with Crippen LogP contribution in [0.2, 0.25) is 0 Å². The molecule has 0 unspecified atom stereocenters. The van der Waals surface area contributed by atoms with E-state index in [9.17, 15) is 0 Å². The summed E-state index contributed by atoms with van der Waals surface area (Å²) in [7, 11) is 0. The fourth-order valence-electron chi connectivity index (χ4n) is 2.45. The highest BCUT2D eigenvalue weighted by Crippen LogP contribution is 2.30. The Balaban J connectivity index is 2.30. The minimum absolute atomic E-state index is 1.07. The van der Waals surface area contributed by atoms with Gasteiger partial charge >= 0.3 is 0 Å². The Bertz CT molecular complexity index is 745. The summed E-state index contributed by atoms with van der Waals surface area (Å²) >= 11 is 3.47. The molecule has 0 fully saturated rings. The normalized spacial score (nSPS) is 10.9. The first kappa shape index (κ1) is 12.4. The Morgan fingerprint density at radius 1 is 0.842 bits per heavy atom. The number of benzene rings is 2. The van der Waals surface area contributed by atoms with Crippen LogP contribution in [0.4, 0.5) is 0 Å². The van der Waals surface area contributed by atoms with Crippen LogP contribution < -0.4 is 0 Å². The third-order valence-corrected chi connectivity index (χ3v) is 4.00. The second-order valence-corrected chi connectivity index (χ2v) is 5.64. The Morgan fingerprint density at radius 2 is 1.47 bits per heavy atom. The lowest BCUT2D eigenvalue weighted by atomic mass is 9.99. The van der Waals surface area contributed by atoms with E-state index in [0.717, 1.165) is 21.4 Å². The van der Waals surface area contributed by atoms with Gasteiger partial charge in [0, 0.05) is 21.1 Å². The molecule has 1 aromatic heterocycles. The Labute approximate surface area is 121 Å². The van der Waals surface area contributed by atoms with Gasteiger partial charge in [0.1, 0.15) is 0 Å². The molecular weight excluding hydrogens is 298 g/mol. The Morgan fingerprint density at radius 3 is 2.16 bits per heavy atom. The molecule has 1 heterocycles. The van der Waals surface area contributed by atoms with Crippen molar-refractivity contribution in [3.63, 3.8) is 0 Å². The van der Waals surface area contributed by atoms with E-state index in [1.54, 1.807) is 0 Å². The Kier molecular flexibility index (Phi) is 3.11. The SMILES string of the molecule is Cc1nc(-c2ccc(Br)cc2)c(C)c2ccccc12. The summed E-state index contributed by atoms with van der Waals surface area (Å²) in [6, 6.07) is 16.8. The predicted octanol–water partition coefficient (Wildman–Crippen LogP) is 5.28. The lowest BCUT2D eigenvalue weighted by Crippen LogP contribution is -1.94. The molecule has 0 saturated heterocycles. The molecule has 19 heavy (non-hydrogen) atoms. The van der Waals surface area contributed by atoms with Crippen molar-refractivity contribution in [3.8, 4) is 11.3 Å². The zero-order valence-electron chi connectivity index (χ0n) is 10.9. The van der Waals surface area contributed by atoms with Crippen LogP contribution in [0.25, 0.3) is 22.0 Å². The zero-order valence-corrected chi connectivity index (χ0v) is 12.5. The number of nitrogens with zero attached hydrogens (tertiary/aromatic N) is 1. The van der Waals surface area contributed by atoms with E-state index in [2.05, 4.69) is 78.3 Å². The van der Waals surface area contributed by atoms with Gasteiger partial charge in [0.2, 0.25) is 0 Å². The van der Waals surface area contributed by atoms with Gasteiger partial charge in [-0.25, -0.2) is 0 Å². The van der Waals surface area contributed by atoms with Gasteiger partial charge in [-0.1, -0.05) is 52.3 Å². The van der Waals surface area contributed by atoms with Crippen LogP contribution in [0.3, 0.4) is 0 Å². The van der Waals surface area contributed by atoms with E-state index in [1.807, 2.05) is 0 Å². The van der Waals surface area contributed by atoms with Crippen LogP contribution in [0, 0.1) is 13.8 Å². The zero-order chi connectivity index (χ0) is 13.4. The highest BCUT2D eigenvalue weighted by molar-refractivity contribution is 9.10. The largest absolute Gasteiger partial charge is 0.252 e. The molecule has 3 aromatic rings. The molecule has 0 N–H and O–H groups in total. The summed E-state index contributed by atoms with van der Waals surface area (Å²) in [6.07, 6.45) is 0. The molecule has 0 spiro atoms. The van der Waals surface area contributed by atoms with Gasteiger partial charge in [-0.2, -0.15) is 0 Å². The summed E-state index contributed by atoms with van der Waals surface area (Å²) in [4.78, 5) is 4.79. The minimum Gasteiger partial charge on any atom is -0.252 e. The lowest BCUT2D eigenvalue weighted by molar-refractivity contribution is 1.21. The molecule has 94 valence electrons. The topological polar surface area (TPSA) is 12.9 Å². The van der Waals surface area contributed by atoms with Gasteiger partial charge in [-0.3, -0.25) is 4.98 Å². The lowest BCUT2D eigenvalue weighted by Gasteiger charge is -2.11. The van der Waals surface area contributed by atoms with Gasteiger partial charge in [0.05, 0.1) is 5.69 Å². The van der Waals surface area contributed by atoms with Crippen molar-refractivity contribution in [2.45, 2.75) is 13.8 Å². The van der Waals surface area contributed by atoms with Gasteiger partial charge in [0.15, 0.2) is 0 Å². The van der Waals surface area contributed by atoms with Crippen LogP contribution in [0.15, 0.2) is 53.0 Å². The Hall–Kier alpha value is -1.67. The molecule has 0 saturated carbocycles. The van der Waals surface area contributed by atoms with E-state index < -0.39 is 0 Å². The van der Waals surface area contributed by atoms with Crippen molar-refractivity contribution in [1.29, 1.82) is 0 Å². The maximum Gasteiger partial charge on any atom is 0.0740 e. The fourth-order valence-corrected chi connectivity index (χ4v) is 2.72.